The van der Waals surface area contributed by atoms with Crippen LogP contribution in [0.15, 0.2) is 27.9 Å². The molecule has 9 nitrogen and oxygen atoms in total. The van der Waals surface area contributed by atoms with E-state index in [1.165, 1.54) is 17.4 Å². The van der Waals surface area contributed by atoms with E-state index < -0.39 is 0 Å². The summed E-state index contributed by atoms with van der Waals surface area (Å²) in [4.78, 5) is 40.7. The first-order valence-electron chi connectivity index (χ1n) is 11.3. The molecule has 0 radical (unpaired) electrons. The predicted octanol–water partition coefficient (Wildman–Crippen LogP) is 1.71. The van der Waals surface area contributed by atoms with Crippen molar-refractivity contribution in [2.75, 3.05) is 18.0 Å². The Morgan fingerprint density at radius 1 is 1.10 bits per heavy atom. The first-order chi connectivity index (χ1) is 15.1. The lowest BCUT2D eigenvalue weighted by atomic mass is 9.93. The van der Waals surface area contributed by atoms with Gasteiger partial charge in [-0.2, -0.15) is 0 Å². The Kier molecular flexibility index (Phi) is 5.13. The van der Waals surface area contributed by atoms with Gasteiger partial charge in [-0.05, 0) is 37.8 Å². The van der Waals surface area contributed by atoms with E-state index in [1.54, 1.807) is 10.8 Å². The van der Waals surface area contributed by atoms with Gasteiger partial charge in [-0.1, -0.05) is 13.8 Å². The summed E-state index contributed by atoms with van der Waals surface area (Å²) in [6.07, 6.45) is 5.73. The minimum Gasteiger partial charge on any atom is -0.351 e. The van der Waals surface area contributed by atoms with Crippen molar-refractivity contribution in [1.82, 2.24) is 29.4 Å². The van der Waals surface area contributed by atoms with E-state index in [0.717, 1.165) is 30.9 Å². The number of anilines is 1. The summed E-state index contributed by atoms with van der Waals surface area (Å²) in [7, 11) is 0. The van der Waals surface area contributed by atoms with Gasteiger partial charge >= 0.3 is 5.69 Å². The summed E-state index contributed by atoms with van der Waals surface area (Å²) >= 11 is 0. The summed E-state index contributed by atoms with van der Waals surface area (Å²) in [6, 6.07) is 5.05. The molecule has 2 bridgehead atoms. The van der Waals surface area contributed by atoms with E-state index in [4.69, 9.17) is 4.98 Å². The molecular formula is C22H29N7O2. The summed E-state index contributed by atoms with van der Waals surface area (Å²) in [5.74, 6) is 1.54. The van der Waals surface area contributed by atoms with Crippen LogP contribution >= 0.6 is 0 Å². The highest BCUT2D eigenvalue weighted by molar-refractivity contribution is 5.75. The fraction of sp³-hybridized carbons (Fsp3) is 0.545. The molecule has 0 spiro atoms. The van der Waals surface area contributed by atoms with Crippen LogP contribution in [0.4, 0.5) is 5.82 Å². The molecule has 6 rings (SSSR count). The average molecular weight is 424 g/mol. The molecule has 0 amide bonds. The molecule has 0 aromatic carbocycles. The standard InChI is InChI=1S/C22H29N7O2/c1-3-9-27-20-18(21(30)28(10-4-2)22(27)31)25-19(26-20)14-5-8-17(24-11-14)29-13-15-6-7-16(29)12-23-15/h5,8,11,15-16,23H,3-4,6-7,9-10,12-13H2,1-2H3,(H,25,26). The van der Waals surface area contributed by atoms with Crippen molar-refractivity contribution in [2.24, 2.45) is 0 Å². The number of rotatable bonds is 6. The molecular weight excluding hydrogens is 394 g/mol. The SMILES string of the molecule is CCCn1c(=O)c2[nH]c(-c3ccc(N4CC5CCC4CN5)nc3)nc2n(CCC)c1=O. The van der Waals surface area contributed by atoms with Crippen molar-refractivity contribution >= 4 is 17.0 Å². The quantitative estimate of drug-likeness (QED) is 0.626. The normalized spacial score (nSPS) is 20.6. The van der Waals surface area contributed by atoms with Crippen LogP contribution < -0.4 is 21.5 Å². The third kappa shape index (κ3) is 3.37. The van der Waals surface area contributed by atoms with Crippen molar-refractivity contribution in [1.29, 1.82) is 0 Å². The zero-order chi connectivity index (χ0) is 21.5. The number of aromatic nitrogens is 5. The van der Waals surface area contributed by atoms with Crippen LogP contribution in [0.5, 0.6) is 0 Å². The van der Waals surface area contributed by atoms with Gasteiger partial charge in [-0.3, -0.25) is 13.9 Å². The van der Waals surface area contributed by atoms with E-state index in [2.05, 4.69) is 20.2 Å². The molecule has 0 aliphatic carbocycles. The molecule has 9 heteroatoms. The molecule has 0 saturated carbocycles. The smallest absolute Gasteiger partial charge is 0.332 e. The Hall–Kier alpha value is -2.94. The number of piperidine rings is 2. The predicted molar refractivity (Wildman–Crippen MR) is 121 cm³/mol. The van der Waals surface area contributed by atoms with Crippen molar-refractivity contribution in [3.05, 3.63) is 39.2 Å². The first kappa shape index (κ1) is 20.0. The maximum Gasteiger partial charge on any atom is 0.332 e. The molecule has 31 heavy (non-hydrogen) atoms. The fourth-order valence-corrected chi connectivity index (χ4v) is 4.83. The Morgan fingerprint density at radius 3 is 2.52 bits per heavy atom. The highest BCUT2D eigenvalue weighted by atomic mass is 16.2. The van der Waals surface area contributed by atoms with Gasteiger partial charge in [0.1, 0.15) is 17.2 Å². The second-order valence-corrected chi connectivity index (χ2v) is 8.57. The minimum atomic E-state index is -0.311. The molecule has 164 valence electrons. The number of imidazole rings is 1. The topological polar surface area (TPSA) is 101 Å². The van der Waals surface area contributed by atoms with Gasteiger partial charge in [-0.25, -0.2) is 14.8 Å². The molecule has 6 heterocycles. The number of hydrogen-bond acceptors (Lipinski definition) is 6. The van der Waals surface area contributed by atoms with Crippen LogP contribution in [0.1, 0.15) is 39.5 Å². The van der Waals surface area contributed by atoms with Gasteiger partial charge in [0.05, 0.1) is 0 Å². The van der Waals surface area contributed by atoms with Crippen molar-refractivity contribution < 1.29 is 0 Å². The highest BCUT2D eigenvalue weighted by Gasteiger charge is 2.34. The Bertz CT molecular complexity index is 1200. The number of pyridine rings is 1. The number of hydrogen-bond donors (Lipinski definition) is 2. The Labute approximate surface area is 180 Å². The first-order valence-corrected chi connectivity index (χ1v) is 11.3. The van der Waals surface area contributed by atoms with Crippen molar-refractivity contribution in [2.45, 2.75) is 64.7 Å². The van der Waals surface area contributed by atoms with Crippen molar-refractivity contribution in [3.8, 4) is 11.4 Å². The second-order valence-electron chi connectivity index (χ2n) is 8.57. The summed E-state index contributed by atoms with van der Waals surface area (Å²) in [5.41, 5.74) is 0.996. The molecule has 3 fully saturated rings. The van der Waals surface area contributed by atoms with Crippen LogP contribution in [-0.2, 0) is 13.1 Å². The van der Waals surface area contributed by atoms with Gasteiger partial charge in [0.2, 0.25) is 0 Å². The zero-order valence-corrected chi connectivity index (χ0v) is 18.1. The molecule has 3 aromatic heterocycles. The largest absolute Gasteiger partial charge is 0.351 e. The van der Waals surface area contributed by atoms with Gasteiger partial charge in [0.25, 0.3) is 5.56 Å². The molecule has 3 aromatic rings. The Balaban J connectivity index is 1.53. The number of nitrogens with one attached hydrogen (secondary N) is 2. The minimum absolute atomic E-state index is 0.290. The second kappa shape index (κ2) is 7.96. The number of aromatic amines is 1. The molecule has 3 aliphatic rings. The zero-order valence-electron chi connectivity index (χ0n) is 18.1. The summed E-state index contributed by atoms with van der Waals surface area (Å²) in [5, 5.41) is 3.57. The third-order valence-corrected chi connectivity index (χ3v) is 6.42. The molecule has 2 N–H and O–H groups in total. The van der Waals surface area contributed by atoms with Crippen molar-refractivity contribution in [3.63, 3.8) is 0 Å². The maximum atomic E-state index is 12.9. The van der Waals surface area contributed by atoms with Crippen LogP contribution in [0, 0.1) is 0 Å². The van der Waals surface area contributed by atoms with E-state index in [9.17, 15) is 9.59 Å². The van der Waals surface area contributed by atoms with Crippen LogP contribution in [0.25, 0.3) is 22.6 Å². The summed E-state index contributed by atoms with van der Waals surface area (Å²) < 4.78 is 2.91. The number of aryl methyl sites for hydroxylation is 1. The van der Waals surface area contributed by atoms with Crippen LogP contribution in [0.2, 0.25) is 0 Å². The fourth-order valence-electron chi connectivity index (χ4n) is 4.83. The van der Waals surface area contributed by atoms with E-state index in [0.29, 0.717) is 48.6 Å². The number of H-pyrrole nitrogens is 1. The lowest BCUT2D eigenvalue weighted by Crippen LogP contribution is -2.61. The van der Waals surface area contributed by atoms with Gasteiger partial charge in [0, 0.05) is 50.0 Å². The molecule has 2 atom stereocenters. The average Bonchev–Trinajstić information content (AvgIpc) is 3.26. The van der Waals surface area contributed by atoms with Gasteiger partial charge < -0.3 is 15.2 Å². The number of fused-ring (bicyclic) bond motifs is 4. The van der Waals surface area contributed by atoms with E-state index in [1.807, 2.05) is 26.0 Å². The lowest BCUT2D eigenvalue weighted by Gasteiger charge is -2.46. The molecule has 3 aliphatic heterocycles. The van der Waals surface area contributed by atoms with E-state index in [-0.39, 0.29) is 11.2 Å². The van der Waals surface area contributed by atoms with Crippen LogP contribution in [0.3, 0.4) is 0 Å². The number of piperazine rings is 1. The highest BCUT2D eigenvalue weighted by Crippen LogP contribution is 2.28. The lowest BCUT2D eigenvalue weighted by molar-refractivity contribution is 0.289. The maximum absolute atomic E-state index is 12.9. The third-order valence-electron chi connectivity index (χ3n) is 6.42. The summed E-state index contributed by atoms with van der Waals surface area (Å²) in [6.45, 7) is 6.88. The van der Waals surface area contributed by atoms with E-state index >= 15 is 0 Å². The van der Waals surface area contributed by atoms with Gasteiger partial charge in [0.15, 0.2) is 5.65 Å². The monoisotopic (exact) mass is 423 g/mol. The van der Waals surface area contributed by atoms with Crippen LogP contribution in [-0.4, -0.2) is 49.3 Å². The number of nitrogens with zero attached hydrogens (tertiary/aromatic N) is 5. The molecule has 2 unspecified atom stereocenters. The molecule has 3 saturated heterocycles. The Morgan fingerprint density at radius 2 is 1.90 bits per heavy atom. The van der Waals surface area contributed by atoms with Gasteiger partial charge in [-0.15, -0.1) is 0 Å².